The number of nitrogens with zero attached hydrogens (tertiary/aromatic N) is 2. The van der Waals surface area contributed by atoms with Gasteiger partial charge in [-0.1, -0.05) is 24.3 Å². The maximum absolute atomic E-state index is 13.0. The molecule has 1 atom stereocenters. The Morgan fingerprint density at radius 3 is 2.74 bits per heavy atom. The van der Waals surface area contributed by atoms with E-state index < -0.39 is 0 Å². The molecule has 0 N–H and O–H groups in total. The van der Waals surface area contributed by atoms with Crippen LogP contribution in [0.5, 0.6) is 5.75 Å². The second kappa shape index (κ2) is 8.03. The molecule has 0 bridgehead atoms. The monoisotopic (exact) mass is 428 g/mol. The molecule has 2 heterocycles. The molecule has 0 saturated carbocycles. The lowest BCUT2D eigenvalue weighted by Gasteiger charge is -2.41. The molecule has 0 spiro atoms. The highest BCUT2D eigenvalue weighted by atomic mass is 79.9. The summed E-state index contributed by atoms with van der Waals surface area (Å²) in [4.78, 5) is 17.6. The molecule has 4 nitrogen and oxygen atoms in total. The third kappa shape index (κ3) is 3.90. The van der Waals surface area contributed by atoms with E-state index in [4.69, 9.17) is 4.74 Å². The predicted molar refractivity (Wildman–Crippen MR) is 110 cm³/mol. The quantitative estimate of drug-likeness (QED) is 0.736. The topological polar surface area (TPSA) is 32.8 Å². The van der Waals surface area contributed by atoms with Crippen molar-refractivity contribution in [2.24, 2.45) is 0 Å². The van der Waals surface area contributed by atoms with Crippen molar-refractivity contribution in [2.45, 2.75) is 31.8 Å². The highest BCUT2D eigenvalue weighted by Gasteiger charge is 2.30. The summed E-state index contributed by atoms with van der Waals surface area (Å²) >= 11 is 3.49. The summed E-state index contributed by atoms with van der Waals surface area (Å²) in [6.07, 6.45) is 3.33. The molecule has 2 aromatic carbocycles. The van der Waals surface area contributed by atoms with Gasteiger partial charge in [-0.25, -0.2) is 0 Å². The number of rotatable bonds is 3. The van der Waals surface area contributed by atoms with E-state index in [0.29, 0.717) is 11.6 Å². The highest BCUT2D eigenvalue weighted by Crippen LogP contribution is 2.28. The van der Waals surface area contributed by atoms with Gasteiger partial charge in [0.15, 0.2) is 0 Å². The van der Waals surface area contributed by atoms with Gasteiger partial charge in [0.05, 0.1) is 11.6 Å². The number of methoxy groups -OCH3 is 1. The Morgan fingerprint density at radius 2 is 1.96 bits per heavy atom. The number of fused-ring (bicyclic) bond motifs is 1. The lowest BCUT2D eigenvalue weighted by atomic mass is 9.95. The van der Waals surface area contributed by atoms with Gasteiger partial charge in [0.25, 0.3) is 5.91 Å². The van der Waals surface area contributed by atoms with Gasteiger partial charge in [-0.15, -0.1) is 0 Å². The van der Waals surface area contributed by atoms with Crippen LogP contribution in [0.4, 0.5) is 0 Å². The summed E-state index contributed by atoms with van der Waals surface area (Å²) in [7, 11) is 1.63. The summed E-state index contributed by atoms with van der Waals surface area (Å²) in [6.45, 7) is 3.73. The van der Waals surface area contributed by atoms with Crippen molar-refractivity contribution in [1.29, 1.82) is 0 Å². The van der Waals surface area contributed by atoms with Crippen molar-refractivity contribution in [3.05, 3.63) is 63.6 Å². The Hall–Kier alpha value is -1.85. The number of halogens is 1. The molecule has 1 amide bonds. The molecule has 1 fully saturated rings. The largest absolute Gasteiger partial charge is 0.496 e. The Bertz CT molecular complexity index is 839. The Balaban J connectivity index is 1.45. The zero-order valence-corrected chi connectivity index (χ0v) is 17.2. The van der Waals surface area contributed by atoms with Crippen LogP contribution >= 0.6 is 15.9 Å². The zero-order chi connectivity index (χ0) is 18.8. The fraction of sp³-hybridized carbons (Fsp3) is 0.409. The van der Waals surface area contributed by atoms with E-state index in [2.05, 4.69) is 45.1 Å². The van der Waals surface area contributed by atoms with Gasteiger partial charge >= 0.3 is 0 Å². The van der Waals surface area contributed by atoms with Crippen LogP contribution in [0.3, 0.4) is 0 Å². The zero-order valence-electron chi connectivity index (χ0n) is 15.7. The molecule has 142 valence electrons. The Kier molecular flexibility index (Phi) is 5.50. The average molecular weight is 429 g/mol. The first-order chi connectivity index (χ1) is 13.2. The molecule has 2 aliphatic heterocycles. The molecule has 5 heteroatoms. The Morgan fingerprint density at radius 1 is 1.15 bits per heavy atom. The van der Waals surface area contributed by atoms with Crippen molar-refractivity contribution in [3.8, 4) is 5.75 Å². The van der Waals surface area contributed by atoms with Gasteiger partial charge in [-0.3, -0.25) is 9.69 Å². The van der Waals surface area contributed by atoms with Crippen LogP contribution in [-0.2, 0) is 13.0 Å². The molecule has 0 radical (unpaired) electrons. The van der Waals surface area contributed by atoms with Crippen LogP contribution in [0.1, 0.15) is 34.3 Å². The number of carbonyl (C=O) groups excluding carboxylic acids is 1. The van der Waals surface area contributed by atoms with Crippen molar-refractivity contribution in [2.75, 3.05) is 26.7 Å². The van der Waals surface area contributed by atoms with E-state index in [1.807, 2.05) is 23.1 Å². The van der Waals surface area contributed by atoms with Gasteiger partial charge in [0.1, 0.15) is 5.75 Å². The van der Waals surface area contributed by atoms with Gasteiger partial charge in [-0.05, 0) is 64.5 Å². The number of piperidine rings is 1. The van der Waals surface area contributed by atoms with Crippen molar-refractivity contribution < 1.29 is 9.53 Å². The van der Waals surface area contributed by atoms with Crippen molar-refractivity contribution in [1.82, 2.24) is 9.80 Å². The van der Waals surface area contributed by atoms with Gasteiger partial charge in [0, 0.05) is 37.8 Å². The maximum atomic E-state index is 13.0. The van der Waals surface area contributed by atoms with Crippen LogP contribution in [0.15, 0.2) is 46.9 Å². The summed E-state index contributed by atoms with van der Waals surface area (Å²) in [5.74, 6) is 0.857. The fourth-order valence-corrected chi connectivity index (χ4v) is 4.79. The van der Waals surface area contributed by atoms with Gasteiger partial charge in [0.2, 0.25) is 0 Å². The maximum Gasteiger partial charge on any atom is 0.253 e. The van der Waals surface area contributed by atoms with E-state index in [1.165, 1.54) is 11.1 Å². The average Bonchev–Trinajstić information content (AvgIpc) is 2.73. The number of hydrogen-bond acceptors (Lipinski definition) is 3. The third-order valence-electron chi connectivity index (χ3n) is 5.76. The molecule has 2 aliphatic rings. The number of ether oxygens (including phenoxy) is 1. The predicted octanol–water partition coefficient (Wildman–Crippen LogP) is 4.12. The number of carbonyl (C=O) groups is 1. The minimum absolute atomic E-state index is 0.112. The molecular weight excluding hydrogens is 404 g/mol. The van der Waals surface area contributed by atoms with Gasteiger partial charge < -0.3 is 9.64 Å². The van der Waals surface area contributed by atoms with Crippen molar-refractivity contribution >= 4 is 21.8 Å². The lowest BCUT2D eigenvalue weighted by Crippen LogP contribution is -2.51. The summed E-state index contributed by atoms with van der Waals surface area (Å²) in [5.41, 5.74) is 3.62. The van der Waals surface area contributed by atoms with Crippen molar-refractivity contribution in [3.63, 3.8) is 0 Å². The van der Waals surface area contributed by atoms with Crippen LogP contribution in [-0.4, -0.2) is 48.5 Å². The van der Waals surface area contributed by atoms with Crippen LogP contribution in [0.25, 0.3) is 0 Å². The molecule has 2 aromatic rings. The summed E-state index contributed by atoms with van der Waals surface area (Å²) in [5, 5.41) is 0. The minimum Gasteiger partial charge on any atom is -0.496 e. The van der Waals surface area contributed by atoms with Crippen LogP contribution in [0, 0.1) is 0 Å². The van der Waals surface area contributed by atoms with Crippen LogP contribution < -0.4 is 4.74 Å². The molecule has 0 unspecified atom stereocenters. The van der Waals surface area contributed by atoms with E-state index in [1.54, 1.807) is 7.11 Å². The van der Waals surface area contributed by atoms with E-state index in [9.17, 15) is 4.79 Å². The minimum atomic E-state index is 0.112. The molecular formula is C22H25BrN2O2. The molecule has 27 heavy (non-hydrogen) atoms. The molecule has 1 saturated heterocycles. The molecule has 0 aromatic heterocycles. The highest BCUT2D eigenvalue weighted by molar-refractivity contribution is 9.10. The standard InChI is InChI=1S/C22H25BrN2O2/c1-27-21-9-8-17(13-20(21)23)22(26)25-11-4-7-19(15-25)24-12-10-16-5-2-3-6-18(16)14-24/h2-3,5-6,8-9,13,19H,4,7,10-12,14-15H2,1H3/t19-/m0/s1. The number of benzene rings is 2. The first-order valence-electron chi connectivity index (χ1n) is 9.59. The number of amides is 1. The first-order valence-corrected chi connectivity index (χ1v) is 10.4. The normalized spacial score (nSPS) is 20.2. The second-order valence-electron chi connectivity index (χ2n) is 7.39. The molecule has 0 aliphatic carbocycles. The second-order valence-corrected chi connectivity index (χ2v) is 8.24. The SMILES string of the molecule is COc1ccc(C(=O)N2CCC[C@H](N3CCc4ccccc4C3)C2)cc1Br. The summed E-state index contributed by atoms with van der Waals surface area (Å²) < 4.78 is 6.09. The summed E-state index contributed by atoms with van der Waals surface area (Å²) in [6, 6.07) is 14.7. The fourth-order valence-electron chi connectivity index (χ4n) is 4.25. The smallest absolute Gasteiger partial charge is 0.253 e. The third-order valence-corrected chi connectivity index (χ3v) is 6.38. The molecule has 4 rings (SSSR count). The van der Waals surface area contributed by atoms with E-state index >= 15 is 0 Å². The Labute approximate surface area is 169 Å². The van der Waals surface area contributed by atoms with E-state index in [0.717, 1.165) is 55.7 Å². The van der Waals surface area contributed by atoms with Gasteiger partial charge in [-0.2, -0.15) is 0 Å². The first kappa shape index (κ1) is 18.5. The van der Waals surface area contributed by atoms with E-state index in [-0.39, 0.29) is 5.91 Å². The number of hydrogen-bond donors (Lipinski definition) is 0. The lowest BCUT2D eigenvalue weighted by molar-refractivity contribution is 0.0549. The number of likely N-dealkylation sites (tertiary alicyclic amines) is 1. The van der Waals surface area contributed by atoms with Crippen LogP contribution in [0.2, 0.25) is 0 Å².